The predicted octanol–water partition coefficient (Wildman–Crippen LogP) is 1.92. The molecule has 1 fully saturated rings. The molecular weight excluding hydrogens is 340 g/mol. The van der Waals surface area contributed by atoms with Crippen LogP contribution in [0.15, 0.2) is 23.1 Å². The van der Waals surface area contributed by atoms with E-state index in [-0.39, 0.29) is 27.4 Å². The molecule has 2 rings (SSSR count). The molecule has 6 nitrogen and oxygen atoms in total. The molecule has 1 aliphatic rings. The van der Waals surface area contributed by atoms with E-state index in [0.29, 0.717) is 6.54 Å². The van der Waals surface area contributed by atoms with Crippen molar-refractivity contribution in [3.63, 3.8) is 0 Å². The third kappa shape index (κ3) is 4.23. The van der Waals surface area contributed by atoms with Crippen molar-refractivity contribution in [3.05, 3.63) is 28.8 Å². The van der Waals surface area contributed by atoms with E-state index in [1.807, 2.05) is 0 Å². The molecule has 0 heterocycles. The molecule has 1 saturated carbocycles. The molecule has 128 valence electrons. The first kappa shape index (κ1) is 18.2. The number of methoxy groups -OCH3 is 1. The number of carbonyl (C=O) groups is 1. The van der Waals surface area contributed by atoms with Crippen LogP contribution in [0.25, 0.3) is 0 Å². The summed E-state index contributed by atoms with van der Waals surface area (Å²) in [6, 6.07) is 3.79. The van der Waals surface area contributed by atoms with E-state index >= 15 is 0 Å². The summed E-state index contributed by atoms with van der Waals surface area (Å²) in [6.07, 6.45) is 3.74. The number of benzene rings is 1. The number of carbonyl (C=O) groups excluding carboxylic acids is 1. The van der Waals surface area contributed by atoms with Gasteiger partial charge in [0.1, 0.15) is 0 Å². The van der Waals surface area contributed by atoms with Crippen molar-refractivity contribution in [1.29, 1.82) is 0 Å². The lowest BCUT2D eigenvalue weighted by Crippen LogP contribution is -2.44. The molecule has 1 aromatic rings. The second kappa shape index (κ2) is 7.61. The molecular formula is C15H21ClN2O4S. The fraction of sp³-hybridized carbons (Fsp3) is 0.533. The van der Waals surface area contributed by atoms with Crippen molar-refractivity contribution >= 4 is 27.6 Å². The van der Waals surface area contributed by atoms with E-state index < -0.39 is 16.0 Å². The maximum atomic E-state index is 12.5. The van der Waals surface area contributed by atoms with Crippen molar-refractivity contribution in [2.45, 2.75) is 36.6 Å². The van der Waals surface area contributed by atoms with Crippen molar-refractivity contribution in [1.82, 2.24) is 4.72 Å². The summed E-state index contributed by atoms with van der Waals surface area (Å²) in [5.41, 5.74) is 5.87. The maximum Gasteiger partial charge on any atom is 0.339 e. The van der Waals surface area contributed by atoms with Gasteiger partial charge in [-0.25, -0.2) is 17.9 Å². The molecule has 0 radical (unpaired) electrons. The standard InChI is InChI=1S/C15H21ClN2O4S/c1-22-15(19)12-7-6-11(8-13(12)16)23(20,21)18-14-5-3-2-4-10(14)9-17/h6-8,10,14,18H,2-5,9,17H2,1H3/t10-,14+/m0/s1. The minimum absolute atomic E-state index is 0.0245. The Kier molecular flexibility index (Phi) is 6.02. The molecule has 0 saturated heterocycles. The van der Waals surface area contributed by atoms with Gasteiger partial charge in [-0.15, -0.1) is 0 Å². The molecule has 1 aliphatic carbocycles. The van der Waals surface area contributed by atoms with Gasteiger partial charge >= 0.3 is 5.97 Å². The van der Waals surface area contributed by atoms with Crippen LogP contribution in [0, 0.1) is 5.92 Å². The maximum absolute atomic E-state index is 12.5. The fourth-order valence-corrected chi connectivity index (χ4v) is 4.54. The smallest absolute Gasteiger partial charge is 0.339 e. The van der Waals surface area contributed by atoms with Gasteiger partial charge in [-0.05, 0) is 43.5 Å². The van der Waals surface area contributed by atoms with E-state index in [1.165, 1.54) is 25.3 Å². The van der Waals surface area contributed by atoms with Crippen LogP contribution in [-0.4, -0.2) is 34.1 Å². The van der Waals surface area contributed by atoms with E-state index in [2.05, 4.69) is 9.46 Å². The van der Waals surface area contributed by atoms with Crippen LogP contribution in [0.1, 0.15) is 36.0 Å². The van der Waals surface area contributed by atoms with Gasteiger partial charge < -0.3 is 10.5 Å². The van der Waals surface area contributed by atoms with Gasteiger partial charge in [-0.1, -0.05) is 24.4 Å². The van der Waals surface area contributed by atoms with Gasteiger partial charge in [0.25, 0.3) is 0 Å². The highest BCUT2D eigenvalue weighted by Crippen LogP contribution is 2.26. The lowest BCUT2D eigenvalue weighted by Gasteiger charge is -2.31. The summed E-state index contributed by atoms with van der Waals surface area (Å²) >= 11 is 5.99. The van der Waals surface area contributed by atoms with Gasteiger partial charge in [-0.3, -0.25) is 0 Å². The lowest BCUT2D eigenvalue weighted by atomic mass is 9.85. The first-order valence-corrected chi connectivity index (χ1v) is 9.35. The highest BCUT2D eigenvalue weighted by Gasteiger charge is 2.29. The summed E-state index contributed by atoms with van der Waals surface area (Å²) < 4.78 is 32.4. The highest BCUT2D eigenvalue weighted by molar-refractivity contribution is 7.89. The number of rotatable bonds is 5. The summed E-state index contributed by atoms with van der Waals surface area (Å²) in [7, 11) is -2.48. The first-order chi connectivity index (χ1) is 10.9. The number of hydrogen-bond acceptors (Lipinski definition) is 5. The van der Waals surface area contributed by atoms with Crippen LogP contribution >= 0.6 is 11.6 Å². The minimum Gasteiger partial charge on any atom is -0.465 e. The monoisotopic (exact) mass is 360 g/mol. The van der Waals surface area contributed by atoms with Crippen molar-refractivity contribution < 1.29 is 17.9 Å². The predicted molar refractivity (Wildman–Crippen MR) is 87.9 cm³/mol. The Morgan fingerprint density at radius 3 is 2.70 bits per heavy atom. The molecule has 3 N–H and O–H groups in total. The Labute approximate surface area is 141 Å². The zero-order valence-electron chi connectivity index (χ0n) is 12.9. The van der Waals surface area contributed by atoms with Crippen LogP contribution in [-0.2, 0) is 14.8 Å². The van der Waals surface area contributed by atoms with Gasteiger partial charge in [0.05, 0.1) is 22.6 Å². The number of ether oxygens (including phenoxy) is 1. The number of nitrogens with one attached hydrogen (secondary N) is 1. The topological polar surface area (TPSA) is 98.5 Å². The van der Waals surface area contributed by atoms with E-state index in [4.69, 9.17) is 17.3 Å². The number of nitrogens with two attached hydrogens (primary N) is 1. The van der Waals surface area contributed by atoms with Gasteiger partial charge in [0, 0.05) is 6.04 Å². The van der Waals surface area contributed by atoms with Gasteiger partial charge in [-0.2, -0.15) is 0 Å². The largest absolute Gasteiger partial charge is 0.465 e. The summed E-state index contributed by atoms with van der Waals surface area (Å²) in [4.78, 5) is 11.5. The third-order valence-electron chi connectivity index (χ3n) is 4.17. The summed E-state index contributed by atoms with van der Waals surface area (Å²) in [5.74, 6) is -0.467. The van der Waals surface area contributed by atoms with Crippen molar-refractivity contribution in [3.8, 4) is 0 Å². The molecule has 0 spiro atoms. The van der Waals surface area contributed by atoms with Crippen LogP contribution in [0.4, 0.5) is 0 Å². The molecule has 0 amide bonds. The van der Waals surface area contributed by atoms with Crippen LogP contribution in [0.3, 0.4) is 0 Å². The number of hydrogen-bond donors (Lipinski definition) is 2. The normalized spacial score (nSPS) is 21.9. The average molecular weight is 361 g/mol. The minimum atomic E-state index is -3.72. The van der Waals surface area contributed by atoms with Crippen molar-refractivity contribution in [2.24, 2.45) is 11.7 Å². The van der Waals surface area contributed by atoms with Crippen LogP contribution in [0.2, 0.25) is 5.02 Å². The second-order valence-electron chi connectivity index (χ2n) is 5.64. The SMILES string of the molecule is COC(=O)c1ccc(S(=O)(=O)N[C@@H]2CCCC[C@H]2CN)cc1Cl. The molecule has 2 atom stereocenters. The van der Waals surface area contributed by atoms with Gasteiger partial charge in [0.15, 0.2) is 0 Å². The molecule has 0 bridgehead atoms. The molecule has 0 aromatic heterocycles. The molecule has 1 aromatic carbocycles. The summed E-state index contributed by atoms with van der Waals surface area (Å²) in [5, 5.41) is 0.0405. The summed E-state index contributed by atoms with van der Waals surface area (Å²) in [6.45, 7) is 0.454. The molecule has 23 heavy (non-hydrogen) atoms. The number of esters is 1. The second-order valence-corrected chi connectivity index (χ2v) is 7.76. The van der Waals surface area contributed by atoms with E-state index in [9.17, 15) is 13.2 Å². The Balaban J connectivity index is 2.22. The number of halogens is 1. The third-order valence-corrected chi connectivity index (χ3v) is 5.97. The quantitative estimate of drug-likeness (QED) is 0.781. The molecule has 8 heteroatoms. The van der Waals surface area contributed by atoms with Crippen molar-refractivity contribution in [2.75, 3.05) is 13.7 Å². The first-order valence-electron chi connectivity index (χ1n) is 7.49. The Bertz CT molecular complexity index is 678. The Hall–Kier alpha value is -1.15. The van der Waals surface area contributed by atoms with Crippen LogP contribution in [0.5, 0.6) is 0 Å². The lowest BCUT2D eigenvalue weighted by molar-refractivity contribution is 0.0601. The molecule has 0 unspecified atom stereocenters. The Morgan fingerprint density at radius 1 is 1.39 bits per heavy atom. The Morgan fingerprint density at radius 2 is 2.09 bits per heavy atom. The van der Waals surface area contributed by atoms with Gasteiger partial charge in [0.2, 0.25) is 10.0 Å². The average Bonchev–Trinajstić information content (AvgIpc) is 2.54. The van der Waals surface area contributed by atoms with E-state index in [1.54, 1.807) is 0 Å². The fourth-order valence-electron chi connectivity index (χ4n) is 2.85. The highest BCUT2D eigenvalue weighted by atomic mass is 35.5. The molecule has 0 aliphatic heterocycles. The van der Waals surface area contributed by atoms with E-state index in [0.717, 1.165) is 25.7 Å². The zero-order chi connectivity index (χ0) is 17.0. The zero-order valence-corrected chi connectivity index (χ0v) is 14.5. The number of sulfonamides is 1. The van der Waals surface area contributed by atoms with Crippen LogP contribution < -0.4 is 10.5 Å².